The highest BCUT2D eigenvalue weighted by atomic mass is 16.1. The van der Waals surface area contributed by atoms with Gasteiger partial charge in [-0.25, -0.2) is 0 Å². The number of hydrogen-bond donors (Lipinski definition) is 2. The molecular weight excluding hydrogens is 142 g/mol. The molecule has 4 nitrogen and oxygen atoms in total. The summed E-state index contributed by atoms with van der Waals surface area (Å²) in [5, 5.41) is 2.79. The lowest BCUT2D eigenvalue weighted by atomic mass is 10.4. The molecule has 62 valence electrons. The maximum absolute atomic E-state index is 10.5. The second kappa shape index (κ2) is 4.49. The summed E-state index contributed by atoms with van der Waals surface area (Å²) in [6.07, 6.45) is 1.69. The molecule has 11 heavy (non-hydrogen) atoms. The second-order valence-electron chi connectivity index (χ2n) is 2.14. The molecule has 4 heteroatoms. The molecule has 0 radical (unpaired) electrons. The average molecular weight is 155 g/mol. The van der Waals surface area contributed by atoms with Gasteiger partial charge in [0, 0.05) is 13.2 Å². The Hall–Kier alpha value is -1.32. The quantitative estimate of drug-likeness (QED) is 0.564. The predicted molar refractivity (Wildman–Crippen MR) is 45.1 cm³/mol. The van der Waals surface area contributed by atoms with Crippen molar-refractivity contribution in [2.45, 2.75) is 13.8 Å². The van der Waals surface area contributed by atoms with Crippen LogP contribution in [0.2, 0.25) is 0 Å². The van der Waals surface area contributed by atoms with E-state index in [0.717, 1.165) is 5.70 Å². The van der Waals surface area contributed by atoms with Crippen LogP contribution >= 0.6 is 0 Å². The second-order valence-corrected chi connectivity index (χ2v) is 2.14. The van der Waals surface area contributed by atoms with Crippen molar-refractivity contribution in [1.29, 1.82) is 0 Å². The predicted octanol–water partition coefficient (Wildman–Crippen LogP) is 0.0133. The van der Waals surface area contributed by atoms with Crippen LogP contribution in [-0.4, -0.2) is 18.7 Å². The summed E-state index contributed by atoms with van der Waals surface area (Å²) < 4.78 is 0. The van der Waals surface area contributed by atoms with E-state index in [-0.39, 0.29) is 0 Å². The zero-order valence-corrected chi connectivity index (χ0v) is 7.01. The van der Waals surface area contributed by atoms with Crippen LogP contribution in [0.25, 0.3) is 0 Å². The molecule has 0 fully saturated rings. The summed E-state index contributed by atoms with van der Waals surface area (Å²) in [6, 6.07) is 0. The molecule has 0 bridgehead atoms. The minimum absolute atomic E-state index is 0.314. The largest absolute Gasteiger partial charge is 0.393 e. The van der Waals surface area contributed by atoms with Crippen molar-refractivity contribution in [2.24, 2.45) is 10.7 Å². The molecule has 0 aliphatic rings. The normalized spacial score (nSPS) is 13.0. The highest BCUT2D eigenvalue weighted by Gasteiger charge is 1.97. The van der Waals surface area contributed by atoms with Crippen molar-refractivity contribution in [3.63, 3.8) is 0 Å². The van der Waals surface area contributed by atoms with Gasteiger partial charge in [0.25, 0.3) is 5.91 Å². The van der Waals surface area contributed by atoms with E-state index in [0.29, 0.717) is 5.71 Å². The van der Waals surface area contributed by atoms with Crippen molar-refractivity contribution in [3.8, 4) is 0 Å². The Morgan fingerprint density at radius 2 is 2.09 bits per heavy atom. The van der Waals surface area contributed by atoms with Crippen LogP contribution in [0.4, 0.5) is 0 Å². The van der Waals surface area contributed by atoms with Crippen LogP contribution in [0.3, 0.4) is 0 Å². The summed E-state index contributed by atoms with van der Waals surface area (Å²) in [6.45, 7) is 3.36. The van der Waals surface area contributed by atoms with Gasteiger partial charge in [-0.15, -0.1) is 0 Å². The molecule has 0 heterocycles. The van der Waals surface area contributed by atoms with Gasteiger partial charge in [-0.2, -0.15) is 0 Å². The zero-order valence-electron chi connectivity index (χ0n) is 7.01. The van der Waals surface area contributed by atoms with Crippen molar-refractivity contribution < 1.29 is 4.79 Å². The first kappa shape index (κ1) is 9.68. The van der Waals surface area contributed by atoms with E-state index in [9.17, 15) is 4.79 Å². The summed E-state index contributed by atoms with van der Waals surface area (Å²) in [7, 11) is 1.76. The van der Waals surface area contributed by atoms with Crippen LogP contribution in [0, 0.1) is 0 Å². The Morgan fingerprint density at radius 1 is 1.55 bits per heavy atom. The Morgan fingerprint density at radius 3 is 2.45 bits per heavy atom. The third kappa shape index (κ3) is 4.13. The number of allylic oxidation sites excluding steroid dienone is 1. The molecule has 0 aromatic rings. The summed E-state index contributed by atoms with van der Waals surface area (Å²) in [4.78, 5) is 14.4. The first-order valence-electron chi connectivity index (χ1n) is 3.27. The third-order valence-electron chi connectivity index (χ3n) is 1.05. The van der Waals surface area contributed by atoms with Gasteiger partial charge in [0.15, 0.2) is 0 Å². The fraction of sp³-hybridized carbons (Fsp3) is 0.429. The Balaban J connectivity index is 4.30. The van der Waals surface area contributed by atoms with Crippen LogP contribution in [0.15, 0.2) is 16.9 Å². The molecule has 0 aliphatic carbocycles. The van der Waals surface area contributed by atoms with Gasteiger partial charge in [0.1, 0.15) is 5.71 Å². The number of amides is 1. The van der Waals surface area contributed by atoms with Gasteiger partial charge in [-0.1, -0.05) is 0 Å². The summed E-state index contributed by atoms with van der Waals surface area (Å²) >= 11 is 0. The third-order valence-corrected chi connectivity index (χ3v) is 1.05. The molecular formula is C7H13N3O. The van der Waals surface area contributed by atoms with Gasteiger partial charge in [-0.3, -0.25) is 9.79 Å². The van der Waals surface area contributed by atoms with E-state index in [1.54, 1.807) is 27.1 Å². The minimum Gasteiger partial charge on any atom is -0.393 e. The van der Waals surface area contributed by atoms with Crippen molar-refractivity contribution >= 4 is 11.6 Å². The lowest BCUT2D eigenvalue weighted by Crippen LogP contribution is -2.20. The van der Waals surface area contributed by atoms with E-state index in [1.165, 1.54) is 0 Å². The fourth-order valence-electron chi connectivity index (χ4n) is 0.561. The van der Waals surface area contributed by atoms with Gasteiger partial charge < -0.3 is 11.1 Å². The minimum atomic E-state index is -0.492. The molecule has 0 rings (SSSR count). The van der Waals surface area contributed by atoms with Gasteiger partial charge in [0.2, 0.25) is 0 Å². The lowest BCUT2D eigenvalue weighted by molar-refractivity contribution is -0.112. The van der Waals surface area contributed by atoms with E-state index in [2.05, 4.69) is 10.3 Å². The number of hydrogen-bond acceptors (Lipinski definition) is 3. The van der Waals surface area contributed by atoms with Crippen LogP contribution in [0.5, 0.6) is 0 Å². The highest BCUT2D eigenvalue weighted by molar-refractivity contribution is 6.37. The molecule has 0 atom stereocenters. The first-order chi connectivity index (χ1) is 5.07. The highest BCUT2D eigenvalue weighted by Crippen LogP contribution is 1.92. The van der Waals surface area contributed by atoms with E-state index in [4.69, 9.17) is 5.73 Å². The molecule has 1 amide bonds. The fourth-order valence-corrected chi connectivity index (χ4v) is 0.561. The lowest BCUT2D eigenvalue weighted by Gasteiger charge is -1.94. The van der Waals surface area contributed by atoms with E-state index >= 15 is 0 Å². The maximum atomic E-state index is 10.5. The number of carbonyl (C=O) groups excluding carboxylic acids is 1. The van der Waals surface area contributed by atoms with Gasteiger partial charge >= 0.3 is 0 Å². The number of primary amides is 1. The van der Waals surface area contributed by atoms with E-state index in [1.807, 2.05) is 0 Å². The van der Waals surface area contributed by atoms with Crippen LogP contribution in [0.1, 0.15) is 13.8 Å². The zero-order chi connectivity index (χ0) is 8.85. The molecule has 0 aliphatic heterocycles. The van der Waals surface area contributed by atoms with Crippen molar-refractivity contribution in [2.75, 3.05) is 7.05 Å². The molecule has 0 saturated heterocycles. The standard InChI is InChI=1S/C7H13N3O/c1-5(4-9-3)10-6(2)7(8)11/h4,9H,1-3H3,(H2,8,11)/b5-4-,10-6?. The molecule has 0 aromatic carbocycles. The number of nitrogens with one attached hydrogen (secondary N) is 1. The molecule has 0 spiro atoms. The topological polar surface area (TPSA) is 67.5 Å². The monoisotopic (exact) mass is 155 g/mol. The summed E-state index contributed by atoms with van der Waals surface area (Å²) in [5.41, 5.74) is 6.00. The number of aliphatic imine (C=N–C) groups is 1. The van der Waals surface area contributed by atoms with Gasteiger partial charge in [-0.05, 0) is 13.8 Å². The van der Waals surface area contributed by atoms with Crippen LogP contribution in [-0.2, 0) is 4.79 Å². The maximum Gasteiger partial charge on any atom is 0.262 e. The smallest absolute Gasteiger partial charge is 0.262 e. The van der Waals surface area contributed by atoms with Gasteiger partial charge in [0.05, 0.1) is 5.70 Å². The van der Waals surface area contributed by atoms with E-state index < -0.39 is 5.91 Å². The van der Waals surface area contributed by atoms with Crippen LogP contribution < -0.4 is 11.1 Å². The Bertz CT molecular complexity index is 206. The number of rotatable bonds is 3. The first-order valence-corrected chi connectivity index (χ1v) is 3.27. The molecule has 0 saturated carbocycles. The summed E-state index contributed by atoms with van der Waals surface area (Å²) in [5.74, 6) is -0.492. The van der Waals surface area contributed by atoms with Crippen molar-refractivity contribution in [1.82, 2.24) is 5.32 Å². The Kier molecular flexibility index (Phi) is 3.95. The van der Waals surface area contributed by atoms with Crippen molar-refractivity contribution in [3.05, 3.63) is 11.9 Å². The number of nitrogens with zero attached hydrogens (tertiary/aromatic N) is 1. The number of nitrogens with two attached hydrogens (primary N) is 1. The number of carbonyl (C=O) groups is 1. The molecule has 3 N–H and O–H groups in total. The average Bonchev–Trinajstić information content (AvgIpc) is 1.87. The molecule has 0 aromatic heterocycles. The SMILES string of the molecule is CN/C=C(/C)N=C(C)C(N)=O. The molecule has 0 unspecified atom stereocenters. The Labute approximate surface area is 66.2 Å².